The summed E-state index contributed by atoms with van der Waals surface area (Å²) in [7, 11) is 0. The van der Waals surface area contributed by atoms with Crippen molar-refractivity contribution in [2.45, 2.75) is 55.2 Å². The van der Waals surface area contributed by atoms with Gasteiger partial charge in [-0.2, -0.15) is 0 Å². The van der Waals surface area contributed by atoms with Crippen molar-refractivity contribution in [1.29, 1.82) is 0 Å². The first-order valence-electron chi connectivity index (χ1n) is 13.0. The van der Waals surface area contributed by atoms with Gasteiger partial charge in [0.15, 0.2) is 0 Å². The number of allylic oxidation sites excluding steroid dienone is 1. The average molecular weight is 545 g/mol. The van der Waals surface area contributed by atoms with Crippen LogP contribution in [-0.2, 0) is 19.1 Å². The number of nitrogens with zero attached hydrogens (tertiary/aromatic N) is 2. The number of hydrogen-bond acceptors (Lipinski definition) is 6. The van der Waals surface area contributed by atoms with Crippen LogP contribution in [0.25, 0.3) is 0 Å². The summed E-state index contributed by atoms with van der Waals surface area (Å²) in [4.78, 5) is 45.3. The van der Waals surface area contributed by atoms with Crippen LogP contribution in [0.5, 0.6) is 0 Å². The molecule has 5 rings (SSSR count). The Morgan fingerprint density at radius 1 is 1.16 bits per heavy atom. The molecular weight excluding hydrogens is 512 g/mol. The van der Waals surface area contributed by atoms with E-state index in [1.807, 2.05) is 32.1 Å². The van der Waals surface area contributed by atoms with E-state index < -0.39 is 28.7 Å². The van der Waals surface area contributed by atoms with E-state index in [2.05, 4.69) is 6.08 Å². The molecule has 0 aliphatic carbocycles. The largest absolute Gasteiger partial charge is 0.465 e. The topological polar surface area (TPSA) is 87.2 Å². The van der Waals surface area contributed by atoms with Crippen LogP contribution in [0.3, 0.4) is 0 Å². The van der Waals surface area contributed by atoms with Crippen LogP contribution in [0.15, 0.2) is 48.6 Å². The standard InChI is InChI=1S/C28H33ClN2O5S/c1-17(2)15-20(16-32)31-24-26(34)30(19-10-8-18(29)9-11-19)13-6-12-28(24)23(25(31)33)22-21(37-28)7-4-3-5-14-36-27(22)35/h4,6-12,17,20-24,32H,3,5,13-16H2,1-2H3/b7-4-/t20-,21-,22+,23+,24?,28+/m1/s1. The number of benzene rings is 1. The van der Waals surface area contributed by atoms with Crippen molar-refractivity contribution >= 4 is 46.8 Å². The third kappa shape index (κ3) is 4.51. The lowest BCUT2D eigenvalue weighted by Gasteiger charge is -2.39. The van der Waals surface area contributed by atoms with Crippen molar-refractivity contribution in [2.75, 3.05) is 24.7 Å². The van der Waals surface area contributed by atoms with Gasteiger partial charge in [-0.15, -0.1) is 11.8 Å². The molecule has 1 aromatic carbocycles. The second-order valence-electron chi connectivity index (χ2n) is 10.6. The number of likely N-dealkylation sites (tertiary alicyclic amines) is 1. The van der Waals surface area contributed by atoms with Crippen LogP contribution in [0.4, 0.5) is 5.69 Å². The highest BCUT2D eigenvalue weighted by atomic mass is 35.5. The molecular formula is C28H33ClN2O5S. The quantitative estimate of drug-likeness (QED) is 0.448. The van der Waals surface area contributed by atoms with Gasteiger partial charge < -0.3 is 19.6 Å². The van der Waals surface area contributed by atoms with Gasteiger partial charge in [0.05, 0.1) is 35.8 Å². The molecule has 37 heavy (non-hydrogen) atoms. The Morgan fingerprint density at radius 3 is 2.62 bits per heavy atom. The number of amides is 2. The minimum absolute atomic E-state index is 0.198. The number of anilines is 1. The van der Waals surface area contributed by atoms with Gasteiger partial charge in [-0.1, -0.05) is 49.8 Å². The second kappa shape index (κ2) is 10.5. The summed E-state index contributed by atoms with van der Waals surface area (Å²) >= 11 is 7.62. The highest BCUT2D eigenvalue weighted by molar-refractivity contribution is 8.02. The first-order chi connectivity index (χ1) is 17.8. The highest BCUT2D eigenvalue weighted by Crippen LogP contribution is 2.61. The SMILES string of the molecule is CC(C)C[C@H](CO)N1C(=O)[C@@H]2[C@H]3C(=O)OCCC/C=C\[C@H]3S[C@@]23C=CCN(c2ccc(Cl)cc2)C(=O)C13. The van der Waals surface area contributed by atoms with Crippen molar-refractivity contribution < 1.29 is 24.2 Å². The number of carbonyl (C=O) groups excluding carboxylic acids is 3. The van der Waals surface area contributed by atoms with E-state index in [1.165, 1.54) is 11.8 Å². The monoisotopic (exact) mass is 544 g/mol. The van der Waals surface area contributed by atoms with E-state index >= 15 is 0 Å². The van der Waals surface area contributed by atoms with Crippen molar-refractivity contribution in [3.63, 3.8) is 0 Å². The zero-order valence-corrected chi connectivity index (χ0v) is 22.7. The maximum Gasteiger partial charge on any atom is 0.311 e. The molecule has 0 bridgehead atoms. The molecule has 2 fully saturated rings. The van der Waals surface area contributed by atoms with E-state index in [4.69, 9.17) is 16.3 Å². The zero-order chi connectivity index (χ0) is 26.3. The maximum atomic E-state index is 14.4. The van der Waals surface area contributed by atoms with E-state index in [1.54, 1.807) is 34.1 Å². The fraction of sp³-hybridized carbons (Fsp3) is 0.536. The summed E-state index contributed by atoms with van der Waals surface area (Å²) in [6, 6.07) is 5.66. The van der Waals surface area contributed by atoms with Crippen LogP contribution < -0.4 is 4.90 Å². The predicted molar refractivity (Wildman–Crippen MR) is 144 cm³/mol. The van der Waals surface area contributed by atoms with Gasteiger partial charge in [0.2, 0.25) is 5.91 Å². The Kier molecular flexibility index (Phi) is 7.44. The number of ether oxygens (including phenoxy) is 1. The van der Waals surface area contributed by atoms with E-state index in [9.17, 15) is 19.5 Å². The molecule has 9 heteroatoms. The number of fused-ring (bicyclic) bond motifs is 2. The van der Waals surface area contributed by atoms with Gasteiger partial charge in [-0.25, -0.2) is 0 Å². The van der Waals surface area contributed by atoms with Gasteiger partial charge in [-0.3, -0.25) is 14.4 Å². The minimum Gasteiger partial charge on any atom is -0.465 e. The van der Waals surface area contributed by atoms with Gasteiger partial charge >= 0.3 is 5.97 Å². The number of hydrogen-bond donors (Lipinski definition) is 1. The van der Waals surface area contributed by atoms with E-state index in [-0.39, 0.29) is 35.6 Å². The maximum absolute atomic E-state index is 14.4. The Hall–Kier alpha value is -2.29. The number of aliphatic hydroxyl groups excluding tert-OH is 1. The number of carbonyl (C=O) groups is 3. The predicted octanol–water partition coefficient (Wildman–Crippen LogP) is 3.84. The molecule has 4 aliphatic heterocycles. The highest BCUT2D eigenvalue weighted by Gasteiger charge is 2.71. The van der Waals surface area contributed by atoms with Crippen LogP contribution in [0.2, 0.25) is 5.02 Å². The smallest absolute Gasteiger partial charge is 0.311 e. The van der Waals surface area contributed by atoms with Gasteiger partial charge in [0.25, 0.3) is 5.91 Å². The molecule has 1 N–H and O–H groups in total. The summed E-state index contributed by atoms with van der Waals surface area (Å²) in [6.07, 6.45) is 10.0. The van der Waals surface area contributed by atoms with Crippen molar-refractivity contribution in [3.8, 4) is 0 Å². The zero-order valence-electron chi connectivity index (χ0n) is 21.1. The number of thioether (sulfide) groups is 1. The number of halogens is 1. The molecule has 0 saturated carbocycles. The van der Waals surface area contributed by atoms with Gasteiger partial charge in [0.1, 0.15) is 6.04 Å². The lowest BCUT2D eigenvalue weighted by molar-refractivity contribution is -0.153. The molecule has 198 valence electrons. The molecule has 0 aromatic heterocycles. The van der Waals surface area contributed by atoms with Crippen LogP contribution in [-0.4, -0.2) is 69.6 Å². The van der Waals surface area contributed by atoms with E-state index in [0.717, 1.165) is 12.8 Å². The lowest BCUT2D eigenvalue weighted by Crippen LogP contribution is -2.57. The summed E-state index contributed by atoms with van der Waals surface area (Å²) in [5.74, 6) is -2.12. The summed E-state index contributed by atoms with van der Waals surface area (Å²) < 4.78 is 4.66. The fourth-order valence-corrected chi connectivity index (χ4v) is 8.37. The van der Waals surface area contributed by atoms with Crippen molar-refractivity contribution in [1.82, 2.24) is 4.90 Å². The van der Waals surface area contributed by atoms with Crippen molar-refractivity contribution in [2.24, 2.45) is 17.8 Å². The second-order valence-corrected chi connectivity index (χ2v) is 12.5. The van der Waals surface area contributed by atoms with Crippen LogP contribution >= 0.6 is 23.4 Å². The van der Waals surface area contributed by atoms with Crippen molar-refractivity contribution in [3.05, 3.63) is 53.6 Å². The molecule has 2 saturated heterocycles. The molecule has 1 aromatic rings. The molecule has 6 atom stereocenters. The first-order valence-corrected chi connectivity index (χ1v) is 14.2. The molecule has 1 spiro atoms. The molecule has 0 radical (unpaired) electrons. The van der Waals surface area contributed by atoms with E-state index in [0.29, 0.717) is 30.3 Å². The number of cyclic esters (lactones) is 1. The first kappa shape index (κ1) is 26.3. The lowest BCUT2D eigenvalue weighted by atomic mass is 9.78. The normalized spacial score (nSPS) is 33.2. The summed E-state index contributed by atoms with van der Waals surface area (Å²) in [6.45, 7) is 4.44. The van der Waals surface area contributed by atoms with Gasteiger partial charge in [-0.05, 0) is 49.4 Å². The Balaban J connectivity index is 1.64. The number of rotatable bonds is 5. The average Bonchev–Trinajstić information content (AvgIpc) is 3.28. The third-order valence-corrected chi connectivity index (χ3v) is 9.77. The Morgan fingerprint density at radius 2 is 1.92 bits per heavy atom. The van der Waals surface area contributed by atoms with Crippen LogP contribution in [0, 0.1) is 17.8 Å². The molecule has 4 aliphatic rings. The number of aliphatic hydroxyl groups is 1. The Bertz CT molecular complexity index is 1120. The molecule has 4 heterocycles. The number of esters is 1. The minimum atomic E-state index is -0.947. The molecule has 7 nitrogen and oxygen atoms in total. The molecule has 2 amide bonds. The summed E-state index contributed by atoms with van der Waals surface area (Å²) in [5, 5.41) is 10.7. The van der Waals surface area contributed by atoms with Gasteiger partial charge in [0, 0.05) is 22.5 Å². The Labute approximate surface area is 226 Å². The molecule has 1 unspecified atom stereocenters. The van der Waals surface area contributed by atoms with Crippen LogP contribution in [0.1, 0.15) is 33.1 Å². The fourth-order valence-electron chi connectivity index (χ4n) is 6.26. The third-order valence-electron chi connectivity index (χ3n) is 7.77. The summed E-state index contributed by atoms with van der Waals surface area (Å²) in [5.41, 5.74) is 0.682.